The van der Waals surface area contributed by atoms with Crippen LogP contribution >= 0.6 is 0 Å². The average molecular weight is 289 g/mol. The van der Waals surface area contributed by atoms with Gasteiger partial charge in [-0.3, -0.25) is 4.79 Å². The molecule has 1 amide bonds. The second-order valence-electron chi connectivity index (χ2n) is 5.98. The van der Waals surface area contributed by atoms with Gasteiger partial charge in [-0.05, 0) is 18.4 Å². The molecule has 2 atom stereocenters. The van der Waals surface area contributed by atoms with Crippen molar-refractivity contribution < 1.29 is 14.3 Å². The minimum atomic E-state index is -0.460. The first-order chi connectivity index (χ1) is 10.3. The third-order valence-corrected chi connectivity index (χ3v) is 4.51. The first-order valence-electron chi connectivity index (χ1n) is 7.89. The normalized spacial score (nSPS) is 28.8. The largest absolute Gasteiger partial charge is 0.351 e. The van der Waals surface area contributed by atoms with Crippen molar-refractivity contribution in [3.8, 4) is 0 Å². The van der Waals surface area contributed by atoms with Crippen molar-refractivity contribution >= 4 is 6.41 Å². The first-order valence-corrected chi connectivity index (χ1v) is 7.89. The molecular weight excluding hydrogens is 266 g/mol. The maximum Gasteiger partial charge on any atom is 0.207 e. The van der Waals surface area contributed by atoms with Crippen molar-refractivity contribution in [2.45, 2.75) is 56.5 Å². The van der Waals surface area contributed by atoms with Crippen LogP contribution in [0.15, 0.2) is 30.3 Å². The molecule has 1 aliphatic heterocycles. The number of rotatable bonds is 3. The molecule has 114 valence electrons. The number of hydrogen-bond donors (Lipinski definition) is 1. The van der Waals surface area contributed by atoms with Crippen LogP contribution in [0.3, 0.4) is 0 Å². The van der Waals surface area contributed by atoms with Gasteiger partial charge in [0.05, 0.1) is 12.6 Å². The quantitative estimate of drug-likeness (QED) is 0.870. The predicted octanol–water partition coefficient (Wildman–Crippen LogP) is 2.94. The van der Waals surface area contributed by atoms with Gasteiger partial charge in [-0.1, -0.05) is 43.2 Å². The topological polar surface area (TPSA) is 47.6 Å². The highest BCUT2D eigenvalue weighted by Crippen LogP contribution is 2.40. The van der Waals surface area contributed by atoms with Gasteiger partial charge in [0.15, 0.2) is 5.79 Å². The summed E-state index contributed by atoms with van der Waals surface area (Å²) in [6.45, 7) is 0.512. The Balaban J connectivity index is 1.82. The van der Waals surface area contributed by atoms with Crippen LogP contribution in [0.5, 0.6) is 0 Å². The third-order valence-electron chi connectivity index (χ3n) is 4.51. The van der Waals surface area contributed by atoms with E-state index in [0.29, 0.717) is 6.61 Å². The highest BCUT2D eigenvalue weighted by molar-refractivity contribution is 5.47. The van der Waals surface area contributed by atoms with Crippen molar-refractivity contribution in [3.63, 3.8) is 0 Å². The van der Waals surface area contributed by atoms with E-state index in [1.165, 1.54) is 12.8 Å². The molecule has 1 aromatic rings. The van der Waals surface area contributed by atoms with Crippen LogP contribution in [0.1, 0.15) is 50.2 Å². The van der Waals surface area contributed by atoms with Gasteiger partial charge < -0.3 is 14.8 Å². The molecule has 2 aliphatic rings. The van der Waals surface area contributed by atoms with E-state index in [0.717, 1.165) is 37.7 Å². The molecule has 0 bridgehead atoms. The molecule has 0 radical (unpaired) electrons. The molecule has 1 spiro atoms. The molecule has 1 heterocycles. The van der Waals surface area contributed by atoms with Gasteiger partial charge in [0, 0.05) is 12.8 Å². The standard InChI is InChI=1S/C17H23NO3/c19-13-18-15-12-20-17(10-6-1-2-7-11-17)21-16(15)14-8-4-3-5-9-14/h3-5,8-9,13,15-16H,1-2,6-7,10-12H2,(H,18,19). The fourth-order valence-electron chi connectivity index (χ4n) is 3.37. The van der Waals surface area contributed by atoms with Gasteiger partial charge in [-0.15, -0.1) is 0 Å². The van der Waals surface area contributed by atoms with Crippen LogP contribution in [0.2, 0.25) is 0 Å². The average Bonchev–Trinajstić information content (AvgIpc) is 2.76. The number of benzene rings is 1. The summed E-state index contributed by atoms with van der Waals surface area (Å²) in [5.74, 6) is -0.460. The number of carbonyl (C=O) groups excluding carboxylic acids is 1. The second-order valence-corrected chi connectivity index (χ2v) is 5.98. The Morgan fingerprint density at radius 2 is 1.81 bits per heavy atom. The number of amides is 1. The minimum absolute atomic E-state index is 0.126. The Morgan fingerprint density at radius 1 is 1.10 bits per heavy atom. The SMILES string of the molecule is O=CNC1COC2(CCCCCC2)OC1c1ccccc1. The van der Waals surface area contributed by atoms with Crippen molar-refractivity contribution in [2.75, 3.05) is 6.61 Å². The maximum absolute atomic E-state index is 10.9. The molecule has 0 aromatic heterocycles. The summed E-state index contributed by atoms with van der Waals surface area (Å²) < 4.78 is 12.5. The molecule has 2 fully saturated rings. The summed E-state index contributed by atoms with van der Waals surface area (Å²) >= 11 is 0. The van der Waals surface area contributed by atoms with E-state index in [4.69, 9.17) is 9.47 Å². The first kappa shape index (κ1) is 14.5. The lowest BCUT2D eigenvalue weighted by Crippen LogP contribution is -2.52. The lowest BCUT2D eigenvalue weighted by atomic mass is 9.98. The number of ether oxygens (including phenoxy) is 2. The fraction of sp³-hybridized carbons (Fsp3) is 0.588. The van der Waals surface area contributed by atoms with E-state index in [1.54, 1.807) is 0 Å². The zero-order chi connectivity index (χ0) is 14.5. The predicted molar refractivity (Wildman–Crippen MR) is 79.6 cm³/mol. The molecule has 1 N–H and O–H groups in total. The Labute approximate surface area is 125 Å². The summed E-state index contributed by atoms with van der Waals surface area (Å²) in [5, 5.41) is 2.84. The Hall–Kier alpha value is -1.39. The van der Waals surface area contributed by atoms with Gasteiger partial charge in [0.2, 0.25) is 6.41 Å². The van der Waals surface area contributed by atoms with Crippen molar-refractivity contribution in [1.29, 1.82) is 0 Å². The summed E-state index contributed by atoms with van der Waals surface area (Å²) in [5.41, 5.74) is 1.10. The van der Waals surface area contributed by atoms with E-state index < -0.39 is 5.79 Å². The summed E-state index contributed by atoms with van der Waals surface area (Å²) in [6.07, 6.45) is 7.29. The highest BCUT2D eigenvalue weighted by atomic mass is 16.7. The fourth-order valence-corrected chi connectivity index (χ4v) is 3.37. The monoisotopic (exact) mass is 289 g/mol. The third kappa shape index (κ3) is 3.27. The Kier molecular flexibility index (Phi) is 4.56. The Bertz CT molecular complexity index is 454. The van der Waals surface area contributed by atoms with Gasteiger partial charge in [0.1, 0.15) is 6.10 Å². The summed E-state index contributed by atoms with van der Waals surface area (Å²) in [6, 6.07) is 9.99. The van der Waals surface area contributed by atoms with Crippen LogP contribution in [-0.4, -0.2) is 24.8 Å². The number of hydrogen-bond acceptors (Lipinski definition) is 3. The van der Waals surface area contributed by atoms with Crippen molar-refractivity contribution in [3.05, 3.63) is 35.9 Å². The molecule has 3 rings (SSSR count). The molecule has 1 saturated carbocycles. The van der Waals surface area contributed by atoms with Gasteiger partial charge in [0.25, 0.3) is 0 Å². The van der Waals surface area contributed by atoms with Gasteiger partial charge in [-0.25, -0.2) is 0 Å². The van der Waals surface area contributed by atoms with Gasteiger partial charge >= 0.3 is 0 Å². The molecule has 2 unspecified atom stereocenters. The minimum Gasteiger partial charge on any atom is -0.351 e. The number of carbonyl (C=O) groups is 1. The van der Waals surface area contributed by atoms with Gasteiger partial charge in [-0.2, -0.15) is 0 Å². The summed E-state index contributed by atoms with van der Waals surface area (Å²) in [7, 11) is 0. The van der Waals surface area contributed by atoms with Crippen molar-refractivity contribution in [1.82, 2.24) is 5.32 Å². The van der Waals surface area contributed by atoms with Crippen LogP contribution in [0.4, 0.5) is 0 Å². The highest BCUT2D eigenvalue weighted by Gasteiger charge is 2.43. The van der Waals surface area contributed by atoms with E-state index >= 15 is 0 Å². The lowest BCUT2D eigenvalue weighted by Gasteiger charge is -2.44. The number of nitrogens with one attached hydrogen (secondary N) is 1. The van der Waals surface area contributed by atoms with Crippen molar-refractivity contribution in [2.24, 2.45) is 0 Å². The molecule has 21 heavy (non-hydrogen) atoms. The van der Waals surface area contributed by atoms with E-state index in [2.05, 4.69) is 17.4 Å². The smallest absolute Gasteiger partial charge is 0.207 e. The Morgan fingerprint density at radius 3 is 2.48 bits per heavy atom. The van der Waals surface area contributed by atoms with Crippen LogP contribution in [0, 0.1) is 0 Å². The summed E-state index contributed by atoms with van der Waals surface area (Å²) in [4.78, 5) is 10.9. The van der Waals surface area contributed by atoms with E-state index in [1.807, 2.05) is 18.2 Å². The molecule has 1 aliphatic carbocycles. The van der Waals surface area contributed by atoms with E-state index in [9.17, 15) is 4.79 Å². The second kappa shape index (κ2) is 6.58. The van der Waals surface area contributed by atoms with Crippen LogP contribution in [-0.2, 0) is 14.3 Å². The molecule has 4 nitrogen and oxygen atoms in total. The van der Waals surface area contributed by atoms with Crippen LogP contribution in [0.25, 0.3) is 0 Å². The zero-order valence-electron chi connectivity index (χ0n) is 12.3. The van der Waals surface area contributed by atoms with E-state index in [-0.39, 0.29) is 12.1 Å². The molecular formula is C17H23NO3. The van der Waals surface area contributed by atoms with Crippen LogP contribution < -0.4 is 5.32 Å². The zero-order valence-corrected chi connectivity index (χ0v) is 12.3. The molecule has 1 aromatic carbocycles. The molecule has 4 heteroatoms. The maximum atomic E-state index is 10.9. The lowest BCUT2D eigenvalue weighted by molar-refractivity contribution is -0.308. The molecule has 1 saturated heterocycles.